The summed E-state index contributed by atoms with van der Waals surface area (Å²) in [6, 6.07) is 8.32. The molecule has 1 aromatic carbocycles. The first kappa shape index (κ1) is 20.8. The molecule has 1 atom stereocenters. The van der Waals surface area contributed by atoms with Crippen molar-refractivity contribution in [3.8, 4) is 0 Å². The van der Waals surface area contributed by atoms with Crippen molar-refractivity contribution in [2.24, 2.45) is 16.4 Å². The van der Waals surface area contributed by atoms with Crippen molar-refractivity contribution in [3.63, 3.8) is 0 Å². The molecular weight excluding hydrogens is 390 g/mol. The van der Waals surface area contributed by atoms with Gasteiger partial charge in [-0.3, -0.25) is 5.43 Å². The van der Waals surface area contributed by atoms with E-state index in [-0.39, 0.29) is 0 Å². The SMILES string of the molecule is CCC(C)(C)[C@@H]1CCc2sc3ncnc(N/N=C\c4ccc(N(C)C)cc4)c3c2C1. The van der Waals surface area contributed by atoms with Gasteiger partial charge in [0.2, 0.25) is 0 Å². The second-order valence-corrected chi connectivity index (χ2v) is 10.1. The van der Waals surface area contributed by atoms with E-state index in [9.17, 15) is 0 Å². The van der Waals surface area contributed by atoms with Gasteiger partial charge in [0.25, 0.3) is 0 Å². The molecule has 1 aliphatic rings. The van der Waals surface area contributed by atoms with Gasteiger partial charge in [-0.2, -0.15) is 5.10 Å². The van der Waals surface area contributed by atoms with Crippen LogP contribution >= 0.6 is 11.3 Å². The number of anilines is 2. The predicted molar refractivity (Wildman–Crippen MR) is 129 cm³/mol. The van der Waals surface area contributed by atoms with Gasteiger partial charge in [-0.15, -0.1) is 11.3 Å². The molecule has 4 rings (SSSR count). The lowest BCUT2D eigenvalue weighted by Gasteiger charge is -2.36. The van der Waals surface area contributed by atoms with Crippen LogP contribution in [0.3, 0.4) is 0 Å². The third-order valence-electron chi connectivity index (χ3n) is 6.65. The third-order valence-corrected chi connectivity index (χ3v) is 7.85. The molecule has 2 heterocycles. The third kappa shape index (κ3) is 4.06. The summed E-state index contributed by atoms with van der Waals surface area (Å²) < 4.78 is 0. The number of thiophene rings is 1. The number of nitrogens with one attached hydrogen (secondary N) is 1. The van der Waals surface area contributed by atoms with Crippen LogP contribution in [0.5, 0.6) is 0 Å². The van der Waals surface area contributed by atoms with Crippen molar-refractivity contribution in [2.45, 2.75) is 46.5 Å². The van der Waals surface area contributed by atoms with Gasteiger partial charge in [0, 0.05) is 24.7 Å². The van der Waals surface area contributed by atoms with Gasteiger partial charge < -0.3 is 4.90 Å². The lowest BCUT2D eigenvalue weighted by molar-refractivity contribution is 0.184. The fourth-order valence-electron chi connectivity index (χ4n) is 4.18. The molecular formula is C24H31N5S. The van der Waals surface area contributed by atoms with Crippen molar-refractivity contribution < 1.29 is 0 Å². The average molecular weight is 422 g/mol. The molecule has 0 radical (unpaired) electrons. The normalized spacial score (nSPS) is 16.8. The van der Waals surface area contributed by atoms with Gasteiger partial charge in [0.1, 0.15) is 11.2 Å². The van der Waals surface area contributed by atoms with E-state index in [2.05, 4.69) is 70.4 Å². The lowest BCUT2D eigenvalue weighted by Crippen LogP contribution is -2.28. The van der Waals surface area contributed by atoms with Crippen LogP contribution in [0.15, 0.2) is 35.7 Å². The zero-order valence-corrected chi connectivity index (χ0v) is 19.4. The Hall–Kier alpha value is -2.47. The standard InChI is InChI=1S/C24H31N5S/c1-6-24(2,3)17-9-12-20-19(13-17)21-22(25-15-26-23(21)30-20)28-27-14-16-7-10-18(11-8-16)29(4)5/h7-8,10-11,14-15,17H,6,9,12-13H2,1-5H3,(H,25,26,28)/b27-14-/t17-/m1/s1. The maximum Gasteiger partial charge on any atom is 0.158 e. The summed E-state index contributed by atoms with van der Waals surface area (Å²) in [6.07, 6.45) is 8.20. The molecule has 0 bridgehead atoms. The molecule has 0 saturated carbocycles. The highest BCUT2D eigenvalue weighted by Crippen LogP contribution is 2.45. The van der Waals surface area contributed by atoms with Crippen molar-refractivity contribution in [2.75, 3.05) is 24.4 Å². The van der Waals surface area contributed by atoms with Crippen LogP contribution in [0, 0.1) is 11.3 Å². The largest absolute Gasteiger partial charge is 0.378 e. The van der Waals surface area contributed by atoms with E-state index in [1.165, 1.54) is 29.0 Å². The number of nitrogens with zero attached hydrogens (tertiary/aromatic N) is 4. The van der Waals surface area contributed by atoms with Crippen LogP contribution in [0.1, 0.15) is 49.6 Å². The number of hydrazone groups is 1. The topological polar surface area (TPSA) is 53.4 Å². The molecule has 1 N–H and O–H groups in total. The number of aromatic nitrogens is 2. The zero-order valence-electron chi connectivity index (χ0n) is 18.6. The number of hydrogen-bond donors (Lipinski definition) is 1. The van der Waals surface area contributed by atoms with Gasteiger partial charge in [-0.1, -0.05) is 39.3 Å². The van der Waals surface area contributed by atoms with Crippen molar-refractivity contribution in [1.29, 1.82) is 0 Å². The average Bonchev–Trinajstić information content (AvgIpc) is 3.12. The Labute approximate surface area is 183 Å². The minimum Gasteiger partial charge on any atom is -0.378 e. The first-order valence-corrected chi connectivity index (χ1v) is 11.5. The molecule has 30 heavy (non-hydrogen) atoms. The summed E-state index contributed by atoms with van der Waals surface area (Å²) in [7, 11) is 4.08. The van der Waals surface area contributed by atoms with Gasteiger partial charge in [-0.05, 0) is 53.9 Å². The monoisotopic (exact) mass is 421 g/mol. The van der Waals surface area contributed by atoms with E-state index >= 15 is 0 Å². The Morgan fingerprint density at radius 2 is 2.00 bits per heavy atom. The Balaban J connectivity index is 1.59. The highest BCUT2D eigenvalue weighted by atomic mass is 32.1. The minimum absolute atomic E-state index is 0.353. The summed E-state index contributed by atoms with van der Waals surface area (Å²) in [6.45, 7) is 7.11. The molecule has 0 fully saturated rings. The fourth-order valence-corrected chi connectivity index (χ4v) is 5.36. The van der Waals surface area contributed by atoms with Crippen molar-refractivity contribution >= 4 is 39.3 Å². The van der Waals surface area contributed by atoms with E-state index in [1.54, 1.807) is 6.33 Å². The number of rotatable bonds is 6. The highest BCUT2D eigenvalue weighted by Gasteiger charge is 2.33. The second kappa shape index (κ2) is 8.34. The molecule has 0 saturated heterocycles. The predicted octanol–water partition coefficient (Wildman–Crippen LogP) is 5.74. The molecule has 2 aromatic heterocycles. The van der Waals surface area contributed by atoms with Crippen LogP contribution in [-0.4, -0.2) is 30.3 Å². The Kier molecular flexibility index (Phi) is 5.78. The quantitative estimate of drug-likeness (QED) is 0.407. The molecule has 0 amide bonds. The van der Waals surface area contributed by atoms with Crippen LogP contribution in [0.25, 0.3) is 10.2 Å². The van der Waals surface area contributed by atoms with E-state index in [0.29, 0.717) is 11.3 Å². The number of benzene rings is 1. The summed E-state index contributed by atoms with van der Waals surface area (Å²) in [5.41, 5.74) is 7.20. The highest BCUT2D eigenvalue weighted by molar-refractivity contribution is 7.19. The van der Waals surface area contributed by atoms with E-state index < -0.39 is 0 Å². The van der Waals surface area contributed by atoms with Crippen LogP contribution in [0.2, 0.25) is 0 Å². The molecule has 0 spiro atoms. The molecule has 5 nitrogen and oxygen atoms in total. The Morgan fingerprint density at radius 1 is 1.23 bits per heavy atom. The number of aryl methyl sites for hydroxylation is 1. The molecule has 0 unspecified atom stereocenters. The van der Waals surface area contributed by atoms with Crippen molar-refractivity contribution in [3.05, 3.63) is 46.6 Å². The Morgan fingerprint density at radius 3 is 2.70 bits per heavy atom. The van der Waals surface area contributed by atoms with Gasteiger partial charge >= 0.3 is 0 Å². The molecule has 158 valence electrons. The second-order valence-electron chi connectivity index (χ2n) is 9.04. The fraction of sp³-hybridized carbons (Fsp3) is 0.458. The smallest absolute Gasteiger partial charge is 0.158 e. The van der Waals surface area contributed by atoms with Crippen LogP contribution in [-0.2, 0) is 12.8 Å². The number of hydrogen-bond acceptors (Lipinski definition) is 6. The summed E-state index contributed by atoms with van der Waals surface area (Å²) in [5.74, 6) is 1.51. The van der Waals surface area contributed by atoms with Gasteiger partial charge in [-0.25, -0.2) is 9.97 Å². The van der Waals surface area contributed by atoms with Crippen LogP contribution in [0.4, 0.5) is 11.5 Å². The maximum atomic E-state index is 4.56. The summed E-state index contributed by atoms with van der Waals surface area (Å²) in [5, 5.41) is 5.64. The molecule has 6 heteroatoms. The number of fused-ring (bicyclic) bond motifs is 3. The van der Waals surface area contributed by atoms with E-state index in [4.69, 9.17) is 0 Å². The van der Waals surface area contributed by atoms with Crippen LogP contribution < -0.4 is 10.3 Å². The first-order valence-electron chi connectivity index (χ1n) is 10.7. The first-order chi connectivity index (χ1) is 14.4. The van der Waals surface area contributed by atoms with Crippen molar-refractivity contribution in [1.82, 2.24) is 9.97 Å². The lowest BCUT2D eigenvalue weighted by atomic mass is 9.69. The van der Waals surface area contributed by atoms with Gasteiger partial charge in [0.15, 0.2) is 5.82 Å². The van der Waals surface area contributed by atoms with E-state index in [1.807, 2.05) is 31.6 Å². The Bertz CT molecular complexity index is 1050. The minimum atomic E-state index is 0.353. The molecule has 0 aliphatic heterocycles. The maximum absolute atomic E-state index is 4.56. The summed E-state index contributed by atoms with van der Waals surface area (Å²) in [4.78, 5) is 13.7. The summed E-state index contributed by atoms with van der Waals surface area (Å²) >= 11 is 1.82. The van der Waals surface area contributed by atoms with Gasteiger partial charge in [0.05, 0.1) is 11.6 Å². The molecule has 3 aromatic rings. The zero-order chi connectivity index (χ0) is 21.3. The van der Waals surface area contributed by atoms with E-state index in [0.717, 1.165) is 34.4 Å². The molecule has 1 aliphatic carbocycles.